The van der Waals surface area contributed by atoms with Gasteiger partial charge in [0.15, 0.2) is 0 Å². The van der Waals surface area contributed by atoms with Crippen molar-refractivity contribution in [3.8, 4) is 0 Å². The second-order valence-corrected chi connectivity index (χ2v) is 9.79. The number of primary amides is 1. The number of thioether (sulfide) groups is 1. The lowest BCUT2D eigenvalue weighted by atomic mass is 9.84. The highest BCUT2D eigenvalue weighted by molar-refractivity contribution is 8.01. The van der Waals surface area contributed by atoms with Gasteiger partial charge in [-0.25, -0.2) is 9.59 Å². The molecule has 2 aromatic rings. The highest BCUT2D eigenvalue weighted by Gasteiger charge is 2.69. The van der Waals surface area contributed by atoms with Gasteiger partial charge in [-0.05, 0) is 11.1 Å². The van der Waals surface area contributed by atoms with E-state index in [1.165, 1.54) is 0 Å². The number of carboxylic acids is 1. The first-order valence-electron chi connectivity index (χ1n) is 11.3. The van der Waals surface area contributed by atoms with Gasteiger partial charge in [0.2, 0.25) is 0 Å². The zero-order chi connectivity index (χ0) is 28.5. The largest absolute Gasteiger partial charge is 0.477 e. The number of amides is 3. The summed E-state index contributed by atoms with van der Waals surface area (Å²) in [6, 6.07) is 17.7. The molecule has 1 fully saturated rings. The van der Waals surface area contributed by atoms with E-state index in [2.05, 4.69) is 0 Å². The van der Waals surface area contributed by atoms with Crippen molar-refractivity contribution in [1.82, 2.24) is 10.2 Å². The Bertz CT molecular complexity index is 1280. The van der Waals surface area contributed by atoms with Crippen LogP contribution in [0, 0.1) is 0 Å². The van der Waals surface area contributed by atoms with Crippen molar-refractivity contribution in [1.29, 1.82) is 0 Å². The molecule has 4 rings (SSSR count). The molecule has 39 heavy (non-hydrogen) atoms. The van der Waals surface area contributed by atoms with E-state index in [1.54, 1.807) is 66.0 Å². The van der Waals surface area contributed by atoms with Gasteiger partial charge in [-0.3, -0.25) is 14.5 Å². The molecule has 3 amide bonds. The van der Waals surface area contributed by atoms with E-state index in [9.17, 15) is 37.5 Å². The molecular weight excluding hydrogens is 543 g/mol. The number of aliphatic carboxylic acids is 1. The Morgan fingerprint density at radius 3 is 2.08 bits per heavy atom. The van der Waals surface area contributed by atoms with Gasteiger partial charge in [0, 0.05) is 23.9 Å². The van der Waals surface area contributed by atoms with E-state index in [1.807, 2.05) is 0 Å². The smallest absolute Gasteiger partial charge is 0.471 e. The first-order valence-corrected chi connectivity index (χ1v) is 12.3. The molecule has 2 aromatic carbocycles. The monoisotopic (exact) mass is 565 g/mol. The molecule has 2 aliphatic heterocycles. The molecule has 3 atom stereocenters. The topological polar surface area (TPSA) is 148 Å². The molecule has 0 bridgehead atoms. The summed E-state index contributed by atoms with van der Waals surface area (Å²) in [7, 11) is 0.934. The second-order valence-electron chi connectivity index (χ2n) is 8.56. The molecule has 10 nitrogen and oxygen atoms in total. The summed E-state index contributed by atoms with van der Waals surface area (Å²) in [5.41, 5.74) is 3.41. The molecule has 0 aliphatic carbocycles. The highest BCUT2D eigenvalue weighted by Crippen LogP contribution is 2.54. The van der Waals surface area contributed by atoms with Gasteiger partial charge >= 0.3 is 24.1 Å². The van der Waals surface area contributed by atoms with Crippen LogP contribution in [0.2, 0.25) is 0 Å². The lowest BCUT2D eigenvalue weighted by Crippen LogP contribution is -2.81. The van der Waals surface area contributed by atoms with Crippen molar-refractivity contribution in [3.05, 3.63) is 83.1 Å². The third-order valence-corrected chi connectivity index (χ3v) is 8.00. The number of hydrogen-bond acceptors (Lipinski definition) is 7. The summed E-state index contributed by atoms with van der Waals surface area (Å²) in [4.78, 5) is 49.8. The molecule has 0 aromatic heterocycles. The number of nitrogens with one attached hydrogen (secondary N) is 1. The molecule has 0 saturated carbocycles. The molecule has 0 radical (unpaired) electrons. The van der Waals surface area contributed by atoms with Crippen LogP contribution in [0.1, 0.15) is 17.0 Å². The summed E-state index contributed by atoms with van der Waals surface area (Å²) >= 11 is 0.893. The molecule has 1 saturated heterocycles. The van der Waals surface area contributed by atoms with Crippen LogP contribution >= 0.6 is 11.8 Å². The van der Waals surface area contributed by atoms with E-state index in [0.29, 0.717) is 11.1 Å². The number of hydrogen-bond donors (Lipinski definition) is 3. The van der Waals surface area contributed by atoms with E-state index in [-0.39, 0.29) is 5.57 Å². The minimum atomic E-state index is -5.34. The number of rotatable bonds is 8. The fraction of sp³-hybridized carbons (Fsp3) is 0.280. The standard InChI is InChI=1S/C25H22F3N3O7S/c1-37-24(30-20(34)25(26,27)28)21(35)31-17(19(32)33)15(12-38-23(29)36)18(39-22(24)31)16(13-8-4-2-5-9-13)14-10-6-3-7-11-14/h2-11,16,18,22H,12H2,1H3,(H2,29,36)(H,30,34)(H,32,33)/t18?,22-,24?/m1/s1. The summed E-state index contributed by atoms with van der Waals surface area (Å²) in [5.74, 6) is -5.90. The molecule has 0 spiro atoms. The fourth-order valence-corrected chi connectivity index (χ4v) is 6.53. The number of β-lactam (4-membered cyclic amide) rings is 1. The number of alkyl halides is 3. The van der Waals surface area contributed by atoms with Gasteiger partial charge in [0.25, 0.3) is 11.6 Å². The Labute approximate surface area is 223 Å². The zero-order valence-electron chi connectivity index (χ0n) is 20.2. The van der Waals surface area contributed by atoms with Crippen LogP contribution in [0.15, 0.2) is 71.9 Å². The predicted molar refractivity (Wildman–Crippen MR) is 131 cm³/mol. The third-order valence-electron chi connectivity index (χ3n) is 6.35. The minimum Gasteiger partial charge on any atom is -0.477 e. The number of nitrogens with zero attached hydrogens (tertiary/aromatic N) is 1. The zero-order valence-corrected chi connectivity index (χ0v) is 21.0. The molecule has 2 aliphatic rings. The van der Waals surface area contributed by atoms with Gasteiger partial charge in [0.05, 0.1) is 0 Å². The van der Waals surface area contributed by atoms with Crippen molar-refractivity contribution in [2.45, 2.75) is 28.4 Å². The maximum Gasteiger partial charge on any atom is 0.471 e. The number of carbonyl (C=O) groups is 4. The van der Waals surface area contributed by atoms with Gasteiger partial charge in [-0.1, -0.05) is 60.7 Å². The third kappa shape index (κ3) is 5.04. The molecule has 2 unspecified atom stereocenters. The summed E-state index contributed by atoms with van der Waals surface area (Å²) in [5, 5.41) is 9.44. The first-order chi connectivity index (χ1) is 18.4. The predicted octanol–water partition coefficient (Wildman–Crippen LogP) is 2.56. The number of halogens is 3. The lowest BCUT2D eigenvalue weighted by molar-refractivity contribution is -0.204. The number of fused-ring (bicyclic) bond motifs is 1. The molecule has 206 valence electrons. The van der Waals surface area contributed by atoms with Crippen molar-refractivity contribution < 1.29 is 46.9 Å². The van der Waals surface area contributed by atoms with Crippen LogP contribution in [0.25, 0.3) is 0 Å². The van der Waals surface area contributed by atoms with Crippen molar-refractivity contribution >= 4 is 35.6 Å². The minimum absolute atomic E-state index is 0.0135. The van der Waals surface area contributed by atoms with Crippen LogP contribution in [-0.2, 0) is 23.9 Å². The van der Waals surface area contributed by atoms with E-state index >= 15 is 0 Å². The van der Waals surface area contributed by atoms with Crippen molar-refractivity contribution in [3.63, 3.8) is 0 Å². The van der Waals surface area contributed by atoms with Crippen LogP contribution in [0.4, 0.5) is 18.0 Å². The second kappa shape index (κ2) is 10.6. The maximum atomic E-state index is 13.2. The molecule has 2 heterocycles. The van der Waals surface area contributed by atoms with E-state index < -0.39 is 64.6 Å². The summed E-state index contributed by atoms with van der Waals surface area (Å²) in [6.07, 6.45) is -6.54. The van der Waals surface area contributed by atoms with Gasteiger partial charge in [-0.2, -0.15) is 13.2 Å². The van der Waals surface area contributed by atoms with Gasteiger partial charge in [0.1, 0.15) is 17.7 Å². The van der Waals surface area contributed by atoms with Crippen LogP contribution in [-0.4, -0.2) is 70.1 Å². The number of benzene rings is 2. The van der Waals surface area contributed by atoms with Crippen LogP contribution in [0.5, 0.6) is 0 Å². The van der Waals surface area contributed by atoms with Crippen LogP contribution in [0.3, 0.4) is 0 Å². The van der Waals surface area contributed by atoms with E-state index in [4.69, 9.17) is 15.2 Å². The summed E-state index contributed by atoms with van der Waals surface area (Å²) in [6.45, 7) is -0.615. The van der Waals surface area contributed by atoms with Crippen molar-refractivity contribution in [2.24, 2.45) is 5.73 Å². The number of ether oxygens (including phenoxy) is 2. The van der Waals surface area contributed by atoms with Gasteiger partial charge < -0.3 is 25.6 Å². The lowest BCUT2D eigenvalue weighted by Gasteiger charge is -2.57. The first kappa shape index (κ1) is 28.0. The Hall–Kier alpha value is -4.04. The fourth-order valence-electron chi connectivity index (χ4n) is 4.67. The maximum absolute atomic E-state index is 13.2. The van der Waals surface area contributed by atoms with Gasteiger partial charge in [-0.15, -0.1) is 11.8 Å². The van der Waals surface area contributed by atoms with Crippen LogP contribution < -0.4 is 11.1 Å². The Kier molecular flexibility index (Phi) is 7.61. The average Bonchev–Trinajstić information content (AvgIpc) is 2.90. The Morgan fingerprint density at radius 2 is 1.64 bits per heavy atom. The Morgan fingerprint density at radius 1 is 1.10 bits per heavy atom. The summed E-state index contributed by atoms with van der Waals surface area (Å²) < 4.78 is 49.6. The normalized spacial score (nSPS) is 22.7. The number of methoxy groups -OCH3 is 1. The highest BCUT2D eigenvalue weighted by atomic mass is 32.2. The number of carbonyl (C=O) groups excluding carboxylic acids is 3. The Balaban J connectivity index is 1.91. The average molecular weight is 566 g/mol. The molecular formula is C25H22F3N3O7S. The quantitative estimate of drug-likeness (QED) is 0.327. The SMILES string of the molecule is COC1(NC(=O)C(F)(F)F)C(=O)N2C(C(=O)O)=C(COC(N)=O)C(C(c3ccccc3)c3ccccc3)S[C@@H]21. The number of carboxylic acid groups (broad SMARTS) is 1. The van der Waals surface area contributed by atoms with Crippen molar-refractivity contribution in [2.75, 3.05) is 13.7 Å². The van der Waals surface area contributed by atoms with E-state index in [0.717, 1.165) is 23.8 Å². The molecule has 4 N–H and O–H groups in total. The number of nitrogens with two attached hydrogens (primary N) is 1. The molecule has 14 heteroatoms.